The molecule has 0 atom stereocenters. The number of primary amides is 1. The van der Waals surface area contributed by atoms with Crippen molar-refractivity contribution in [2.45, 2.75) is 5.03 Å². The van der Waals surface area contributed by atoms with Gasteiger partial charge >= 0.3 is 0 Å². The number of ether oxygens (including phenoxy) is 3. The molecule has 0 aliphatic heterocycles. The number of rotatable bonds is 7. The van der Waals surface area contributed by atoms with Crippen molar-refractivity contribution >= 4 is 23.5 Å². The Bertz CT molecular complexity index is 985. The predicted molar refractivity (Wildman–Crippen MR) is 103 cm³/mol. The van der Waals surface area contributed by atoms with Gasteiger partial charge in [-0.3, -0.25) is 4.79 Å². The first kappa shape index (κ1) is 20.7. The smallest absolute Gasteiger partial charge is 0.227 e. The van der Waals surface area contributed by atoms with Gasteiger partial charge in [-0.15, -0.1) is 0 Å². The lowest BCUT2D eigenvalue weighted by molar-refractivity contribution is -0.115. The van der Waals surface area contributed by atoms with Gasteiger partial charge in [0.15, 0.2) is 11.5 Å². The first-order chi connectivity index (χ1) is 13.4. The summed E-state index contributed by atoms with van der Waals surface area (Å²) in [5.41, 5.74) is 11.9. The molecule has 0 fully saturated rings. The van der Waals surface area contributed by atoms with Gasteiger partial charge in [-0.1, -0.05) is 11.8 Å². The van der Waals surface area contributed by atoms with Crippen LogP contribution in [0.3, 0.4) is 0 Å². The number of thioether (sulfide) groups is 1. The SMILES string of the molecule is COc1cc(-c2c(C#N)c(N)nc(SCC(N)=O)c2C#N)cc(OC)c1OC. The van der Waals surface area contributed by atoms with Gasteiger partial charge in [-0.2, -0.15) is 10.5 Å². The lowest BCUT2D eigenvalue weighted by Gasteiger charge is -2.17. The third kappa shape index (κ3) is 3.87. The summed E-state index contributed by atoms with van der Waals surface area (Å²) < 4.78 is 16.0. The number of methoxy groups -OCH3 is 3. The van der Waals surface area contributed by atoms with E-state index in [4.69, 9.17) is 25.7 Å². The maximum Gasteiger partial charge on any atom is 0.227 e. The van der Waals surface area contributed by atoms with Crippen LogP contribution in [-0.4, -0.2) is 38.0 Å². The molecular weight excluding hydrogens is 382 g/mol. The molecule has 0 radical (unpaired) electrons. The molecule has 0 aliphatic rings. The number of nitrogens with zero attached hydrogens (tertiary/aromatic N) is 3. The number of nitrogens with two attached hydrogens (primary N) is 2. The standard InChI is InChI=1S/C18H17N5O4S/c1-25-12-4-9(5-13(26-2)16(12)27-3)15-10(6-19)17(22)23-18(11(15)7-20)28-8-14(21)24/h4-5H,8H2,1-3H3,(H2,21,24)(H2,22,23). The molecule has 0 unspecified atom stereocenters. The van der Waals surface area contributed by atoms with Crippen molar-refractivity contribution in [2.24, 2.45) is 5.73 Å². The molecule has 0 saturated carbocycles. The zero-order chi connectivity index (χ0) is 20.8. The molecule has 0 spiro atoms. The Hall–Kier alpha value is -3.63. The van der Waals surface area contributed by atoms with E-state index in [9.17, 15) is 15.3 Å². The summed E-state index contributed by atoms with van der Waals surface area (Å²) >= 11 is 0.965. The van der Waals surface area contributed by atoms with Gasteiger partial charge in [0, 0.05) is 5.56 Å². The summed E-state index contributed by atoms with van der Waals surface area (Å²) in [6, 6.07) is 7.21. The summed E-state index contributed by atoms with van der Waals surface area (Å²) in [6.07, 6.45) is 0. The number of amides is 1. The molecule has 1 aromatic carbocycles. The van der Waals surface area contributed by atoms with Crippen LogP contribution in [0.2, 0.25) is 0 Å². The highest BCUT2D eigenvalue weighted by molar-refractivity contribution is 8.00. The van der Waals surface area contributed by atoms with Gasteiger partial charge in [0.05, 0.1) is 32.6 Å². The Morgan fingerprint density at radius 3 is 2.11 bits per heavy atom. The highest BCUT2D eigenvalue weighted by Crippen LogP contribution is 2.44. The second-order valence-corrected chi connectivity index (χ2v) is 6.28. The molecule has 10 heteroatoms. The molecule has 0 saturated heterocycles. The van der Waals surface area contributed by atoms with Crippen LogP contribution in [0.1, 0.15) is 11.1 Å². The lowest BCUT2D eigenvalue weighted by atomic mass is 9.96. The topological polar surface area (TPSA) is 157 Å². The Kier molecular flexibility index (Phi) is 6.53. The number of nitriles is 2. The molecule has 1 amide bonds. The van der Waals surface area contributed by atoms with Gasteiger partial charge in [0.2, 0.25) is 11.7 Å². The number of nitrogen functional groups attached to an aromatic ring is 1. The normalized spacial score (nSPS) is 9.89. The Balaban J connectivity index is 2.85. The highest BCUT2D eigenvalue weighted by Gasteiger charge is 2.23. The molecule has 2 aromatic rings. The summed E-state index contributed by atoms with van der Waals surface area (Å²) in [4.78, 5) is 15.2. The predicted octanol–water partition coefficient (Wildman–Crippen LogP) is 1.68. The fourth-order valence-corrected chi connectivity index (χ4v) is 3.29. The van der Waals surface area contributed by atoms with Gasteiger partial charge in [-0.05, 0) is 17.7 Å². The Morgan fingerprint density at radius 2 is 1.68 bits per heavy atom. The number of carbonyl (C=O) groups excluding carboxylic acids is 1. The van der Waals surface area contributed by atoms with Crippen LogP contribution in [0.5, 0.6) is 17.2 Å². The molecule has 144 valence electrons. The molecular formula is C18H17N5O4S. The van der Waals surface area contributed by atoms with Crippen LogP contribution in [0, 0.1) is 22.7 Å². The fourth-order valence-electron chi connectivity index (χ4n) is 2.56. The Morgan fingerprint density at radius 1 is 1.11 bits per heavy atom. The Labute approximate surface area is 165 Å². The summed E-state index contributed by atoms with van der Waals surface area (Å²) in [5.74, 6) is 0.292. The quantitative estimate of drug-likeness (QED) is 0.661. The second-order valence-electron chi connectivity index (χ2n) is 5.32. The maximum absolute atomic E-state index is 11.1. The van der Waals surface area contributed by atoms with Crippen LogP contribution >= 0.6 is 11.8 Å². The largest absolute Gasteiger partial charge is 0.493 e. The van der Waals surface area contributed by atoms with Crippen LogP contribution in [0.25, 0.3) is 11.1 Å². The second kappa shape index (κ2) is 8.84. The average Bonchev–Trinajstić information content (AvgIpc) is 2.70. The van der Waals surface area contributed by atoms with Crippen LogP contribution in [0.15, 0.2) is 17.2 Å². The van der Waals surface area contributed by atoms with E-state index < -0.39 is 5.91 Å². The summed E-state index contributed by atoms with van der Waals surface area (Å²) in [5, 5.41) is 19.5. The molecule has 9 nitrogen and oxygen atoms in total. The lowest BCUT2D eigenvalue weighted by Crippen LogP contribution is -2.14. The molecule has 28 heavy (non-hydrogen) atoms. The summed E-state index contributed by atoms with van der Waals surface area (Å²) in [7, 11) is 4.36. The van der Waals surface area contributed by atoms with E-state index in [1.54, 1.807) is 12.1 Å². The molecule has 0 aliphatic carbocycles. The average molecular weight is 399 g/mol. The number of benzene rings is 1. The van der Waals surface area contributed by atoms with Crippen LogP contribution < -0.4 is 25.7 Å². The van der Waals surface area contributed by atoms with Gasteiger partial charge in [-0.25, -0.2) is 4.98 Å². The van der Waals surface area contributed by atoms with E-state index in [1.165, 1.54) is 21.3 Å². The summed E-state index contributed by atoms with van der Waals surface area (Å²) in [6.45, 7) is 0. The van der Waals surface area contributed by atoms with E-state index in [2.05, 4.69) is 4.98 Å². The first-order valence-electron chi connectivity index (χ1n) is 7.76. The van der Waals surface area contributed by atoms with Crippen molar-refractivity contribution in [1.29, 1.82) is 10.5 Å². The minimum absolute atomic E-state index is 0.0225. The molecule has 0 bridgehead atoms. The van der Waals surface area contributed by atoms with E-state index >= 15 is 0 Å². The van der Waals surface area contributed by atoms with Crippen LogP contribution in [0.4, 0.5) is 5.82 Å². The first-order valence-corrected chi connectivity index (χ1v) is 8.75. The van der Waals surface area contributed by atoms with Gasteiger partial charge in [0.1, 0.15) is 28.5 Å². The third-order valence-corrected chi connectivity index (χ3v) is 4.72. The monoisotopic (exact) mass is 399 g/mol. The molecule has 1 aromatic heterocycles. The number of hydrogen-bond donors (Lipinski definition) is 2. The molecule has 4 N–H and O–H groups in total. The number of carbonyl (C=O) groups is 1. The van der Waals surface area contributed by atoms with Gasteiger partial charge < -0.3 is 25.7 Å². The van der Waals surface area contributed by atoms with E-state index in [0.717, 1.165) is 11.8 Å². The number of pyridine rings is 1. The van der Waals surface area contributed by atoms with Crippen molar-refractivity contribution in [3.05, 3.63) is 23.3 Å². The molecule has 1 heterocycles. The van der Waals surface area contributed by atoms with E-state index in [-0.39, 0.29) is 33.3 Å². The number of anilines is 1. The van der Waals surface area contributed by atoms with Crippen molar-refractivity contribution in [2.75, 3.05) is 32.8 Å². The minimum atomic E-state index is -0.576. The fraction of sp³-hybridized carbons (Fsp3) is 0.222. The van der Waals surface area contributed by atoms with Crippen molar-refractivity contribution in [3.8, 4) is 40.5 Å². The van der Waals surface area contributed by atoms with Crippen molar-refractivity contribution < 1.29 is 19.0 Å². The van der Waals surface area contributed by atoms with E-state index in [1.807, 2.05) is 12.1 Å². The maximum atomic E-state index is 11.1. The third-order valence-electron chi connectivity index (χ3n) is 3.72. The number of hydrogen-bond acceptors (Lipinski definition) is 9. The van der Waals surface area contributed by atoms with Crippen molar-refractivity contribution in [1.82, 2.24) is 4.98 Å². The highest BCUT2D eigenvalue weighted by atomic mass is 32.2. The zero-order valence-corrected chi connectivity index (χ0v) is 16.2. The van der Waals surface area contributed by atoms with Gasteiger partial charge in [0.25, 0.3) is 0 Å². The van der Waals surface area contributed by atoms with Crippen LogP contribution in [-0.2, 0) is 4.79 Å². The number of aromatic nitrogens is 1. The minimum Gasteiger partial charge on any atom is -0.493 e. The molecule has 2 rings (SSSR count). The van der Waals surface area contributed by atoms with Crippen molar-refractivity contribution in [3.63, 3.8) is 0 Å². The van der Waals surface area contributed by atoms with E-state index in [0.29, 0.717) is 22.8 Å². The zero-order valence-electron chi connectivity index (χ0n) is 15.4.